The molecule has 4 nitrogen and oxygen atoms in total. The molecule has 0 unspecified atom stereocenters. The highest BCUT2D eigenvalue weighted by atomic mass is 79.9. The summed E-state index contributed by atoms with van der Waals surface area (Å²) >= 11 is 3.45. The predicted octanol–water partition coefficient (Wildman–Crippen LogP) is 2.71. The second-order valence-electron chi connectivity index (χ2n) is 5.51. The zero-order valence-corrected chi connectivity index (χ0v) is 12.7. The van der Waals surface area contributed by atoms with Crippen LogP contribution in [-0.4, -0.2) is 33.8 Å². The van der Waals surface area contributed by atoms with Crippen molar-refractivity contribution in [3.8, 4) is 0 Å². The van der Waals surface area contributed by atoms with Gasteiger partial charge in [-0.3, -0.25) is 0 Å². The molecular weight excluding hydrogens is 294 g/mol. The molecule has 100 valence electrons. The van der Waals surface area contributed by atoms with Gasteiger partial charge in [-0.25, -0.2) is 9.97 Å². The van der Waals surface area contributed by atoms with Crippen LogP contribution in [0.5, 0.6) is 0 Å². The highest BCUT2D eigenvalue weighted by molar-refractivity contribution is 9.10. The molecule has 1 fully saturated rings. The second kappa shape index (κ2) is 5.13. The number of anilines is 1. The van der Waals surface area contributed by atoms with Crippen molar-refractivity contribution in [3.63, 3.8) is 0 Å². The van der Waals surface area contributed by atoms with Gasteiger partial charge in [0.05, 0.1) is 5.60 Å². The van der Waals surface area contributed by atoms with E-state index in [2.05, 4.69) is 37.7 Å². The second-order valence-corrected chi connectivity index (χ2v) is 6.32. The topological polar surface area (TPSA) is 49.2 Å². The molecule has 0 saturated heterocycles. The molecule has 0 atom stereocenters. The lowest BCUT2D eigenvalue weighted by atomic mass is 10.1. The Bertz CT molecular complexity index is 427. The Morgan fingerprint density at radius 3 is 2.61 bits per heavy atom. The highest BCUT2D eigenvalue weighted by Crippen LogP contribution is 2.39. The van der Waals surface area contributed by atoms with Crippen LogP contribution in [-0.2, 0) is 0 Å². The molecule has 1 heterocycles. The van der Waals surface area contributed by atoms with Crippen molar-refractivity contribution in [2.24, 2.45) is 0 Å². The molecule has 5 heteroatoms. The van der Waals surface area contributed by atoms with Gasteiger partial charge in [-0.15, -0.1) is 0 Å². The molecule has 0 bridgehead atoms. The van der Waals surface area contributed by atoms with E-state index in [0.29, 0.717) is 12.5 Å². The minimum atomic E-state index is -0.729. The Labute approximate surface area is 117 Å². The maximum Gasteiger partial charge on any atom is 0.135 e. The minimum Gasteiger partial charge on any atom is -0.389 e. The fourth-order valence-electron chi connectivity index (χ4n) is 1.93. The number of likely N-dealkylation sites (N-methyl/N-ethyl adjacent to an activating group) is 1. The van der Waals surface area contributed by atoms with Crippen molar-refractivity contribution in [2.45, 2.75) is 45.1 Å². The van der Waals surface area contributed by atoms with Crippen LogP contribution in [0.25, 0.3) is 0 Å². The number of hydrogen-bond acceptors (Lipinski definition) is 4. The summed E-state index contributed by atoms with van der Waals surface area (Å²) in [4.78, 5) is 11.1. The Balaban J connectivity index is 2.24. The molecule has 1 aliphatic rings. The summed E-state index contributed by atoms with van der Waals surface area (Å²) in [6, 6.07) is 1.92. The first-order valence-corrected chi connectivity index (χ1v) is 7.20. The van der Waals surface area contributed by atoms with E-state index in [1.54, 1.807) is 0 Å². The van der Waals surface area contributed by atoms with Crippen molar-refractivity contribution < 1.29 is 5.11 Å². The van der Waals surface area contributed by atoms with E-state index >= 15 is 0 Å². The van der Waals surface area contributed by atoms with E-state index in [1.165, 1.54) is 12.8 Å². The Morgan fingerprint density at radius 2 is 2.11 bits per heavy atom. The average molecular weight is 314 g/mol. The molecule has 0 radical (unpaired) electrons. The average Bonchev–Trinajstić information content (AvgIpc) is 3.07. The fourth-order valence-corrected chi connectivity index (χ4v) is 2.32. The summed E-state index contributed by atoms with van der Waals surface area (Å²) in [5, 5.41) is 9.94. The third-order valence-electron chi connectivity index (χ3n) is 2.92. The zero-order valence-electron chi connectivity index (χ0n) is 11.1. The van der Waals surface area contributed by atoms with E-state index in [0.717, 1.165) is 22.8 Å². The van der Waals surface area contributed by atoms with Crippen molar-refractivity contribution in [3.05, 3.63) is 16.5 Å². The summed E-state index contributed by atoms with van der Waals surface area (Å²) in [6.07, 6.45) is 2.38. The SMILES string of the molecule is CCN(CC(C)(C)O)c1cc(Br)nc(C2CC2)n1. The number of aliphatic hydroxyl groups is 1. The van der Waals surface area contributed by atoms with Crippen LogP contribution in [0.2, 0.25) is 0 Å². The smallest absolute Gasteiger partial charge is 0.135 e. The molecule has 0 spiro atoms. The number of nitrogens with zero attached hydrogens (tertiary/aromatic N) is 3. The molecule has 0 aliphatic heterocycles. The summed E-state index contributed by atoms with van der Waals surface area (Å²) in [5.41, 5.74) is -0.729. The number of aromatic nitrogens is 2. The van der Waals surface area contributed by atoms with Gasteiger partial charge in [0.25, 0.3) is 0 Å². The van der Waals surface area contributed by atoms with E-state index in [4.69, 9.17) is 0 Å². The zero-order chi connectivity index (χ0) is 13.3. The Kier molecular flexibility index (Phi) is 3.92. The molecule has 1 aliphatic carbocycles. The first-order valence-electron chi connectivity index (χ1n) is 6.41. The Morgan fingerprint density at radius 1 is 1.44 bits per heavy atom. The van der Waals surface area contributed by atoms with Gasteiger partial charge in [0.2, 0.25) is 0 Å². The van der Waals surface area contributed by atoms with Gasteiger partial charge in [0, 0.05) is 25.1 Å². The lowest BCUT2D eigenvalue weighted by molar-refractivity contribution is 0.0874. The van der Waals surface area contributed by atoms with Crippen LogP contribution < -0.4 is 4.90 Å². The molecule has 2 rings (SSSR count). The largest absolute Gasteiger partial charge is 0.389 e. The van der Waals surface area contributed by atoms with Gasteiger partial charge in [-0.05, 0) is 49.5 Å². The summed E-state index contributed by atoms with van der Waals surface area (Å²) in [5.74, 6) is 2.35. The molecule has 18 heavy (non-hydrogen) atoms. The van der Waals surface area contributed by atoms with Crippen LogP contribution in [0.3, 0.4) is 0 Å². The first-order chi connectivity index (χ1) is 8.39. The molecule has 1 saturated carbocycles. The van der Waals surface area contributed by atoms with Gasteiger partial charge in [-0.2, -0.15) is 0 Å². The van der Waals surface area contributed by atoms with Gasteiger partial charge in [0.1, 0.15) is 16.2 Å². The number of rotatable bonds is 5. The van der Waals surface area contributed by atoms with E-state index in [-0.39, 0.29) is 0 Å². The minimum absolute atomic E-state index is 0.530. The molecule has 1 aromatic rings. The van der Waals surface area contributed by atoms with Crippen LogP contribution in [0, 0.1) is 0 Å². The molecule has 0 amide bonds. The summed E-state index contributed by atoms with van der Waals surface area (Å²) < 4.78 is 0.823. The van der Waals surface area contributed by atoms with Gasteiger partial charge in [-0.1, -0.05) is 0 Å². The number of halogens is 1. The predicted molar refractivity (Wildman–Crippen MR) is 75.9 cm³/mol. The van der Waals surface area contributed by atoms with E-state index in [1.807, 2.05) is 19.9 Å². The fraction of sp³-hybridized carbons (Fsp3) is 0.692. The van der Waals surface area contributed by atoms with Gasteiger partial charge >= 0.3 is 0 Å². The van der Waals surface area contributed by atoms with Gasteiger partial charge in [0.15, 0.2) is 0 Å². The molecular formula is C13H20BrN3O. The Hall–Kier alpha value is -0.680. The third-order valence-corrected chi connectivity index (χ3v) is 3.33. The normalized spacial score (nSPS) is 15.8. The highest BCUT2D eigenvalue weighted by Gasteiger charge is 2.28. The van der Waals surface area contributed by atoms with Crippen molar-refractivity contribution in [1.82, 2.24) is 9.97 Å². The third kappa shape index (κ3) is 3.65. The van der Waals surface area contributed by atoms with Gasteiger partial charge < -0.3 is 10.0 Å². The lowest BCUT2D eigenvalue weighted by Crippen LogP contribution is -2.39. The first kappa shape index (κ1) is 13.7. The quantitative estimate of drug-likeness (QED) is 0.849. The van der Waals surface area contributed by atoms with E-state index in [9.17, 15) is 5.11 Å². The lowest BCUT2D eigenvalue weighted by Gasteiger charge is -2.29. The maximum atomic E-state index is 9.94. The number of hydrogen-bond donors (Lipinski definition) is 1. The van der Waals surface area contributed by atoms with Crippen LogP contribution in [0.1, 0.15) is 45.4 Å². The molecule has 1 N–H and O–H groups in total. The summed E-state index contributed by atoms with van der Waals surface area (Å²) in [6.45, 7) is 7.08. The van der Waals surface area contributed by atoms with Crippen molar-refractivity contribution in [2.75, 3.05) is 18.0 Å². The van der Waals surface area contributed by atoms with Crippen molar-refractivity contribution >= 4 is 21.7 Å². The monoisotopic (exact) mass is 313 g/mol. The summed E-state index contributed by atoms with van der Waals surface area (Å²) in [7, 11) is 0. The van der Waals surface area contributed by atoms with Crippen LogP contribution in [0.15, 0.2) is 10.7 Å². The maximum absolute atomic E-state index is 9.94. The van der Waals surface area contributed by atoms with Crippen LogP contribution >= 0.6 is 15.9 Å². The van der Waals surface area contributed by atoms with Crippen molar-refractivity contribution in [1.29, 1.82) is 0 Å². The van der Waals surface area contributed by atoms with E-state index < -0.39 is 5.60 Å². The standard InChI is InChI=1S/C13H20BrN3O/c1-4-17(8-13(2,3)18)11-7-10(14)15-12(16-11)9-5-6-9/h7,9,18H,4-6,8H2,1-3H3. The van der Waals surface area contributed by atoms with Crippen LogP contribution in [0.4, 0.5) is 5.82 Å². The molecule has 0 aromatic carbocycles. The molecule has 1 aromatic heterocycles.